The van der Waals surface area contributed by atoms with Gasteiger partial charge in [0.1, 0.15) is 10.5 Å². The van der Waals surface area contributed by atoms with Gasteiger partial charge in [-0.1, -0.05) is 43.3 Å². The normalized spacial score (nSPS) is 23.2. The van der Waals surface area contributed by atoms with Crippen LogP contribution in [0.4, 0.5) is 0 Å². The van der Waals surface area contributed by atoms with Crippen LogP contribution in [0.2, 0.25) is 0 Å². The number of primary sulfonamides is 1. The third-order valence-corrected chi connectivity index (χ3v) is 10.8. The molecule has 0 aromatic heterocycles. The zero-order valence-electron chi connectivity index (χ0n) is 20.2. The first-order valence-corrected chi connectivity index (χ1v) is 14.7. The quantitative estimate of drug-likeness (QED) is 0.612. The number of carbonyl (C=O) groups is 1. The molecule has 0 radical (unpaired) electrons. The van der Waals surface area contributed by atoms with Gasteiger partial charge in [0.2, 0.25) is 19.9 Å². The molecule has 0 saturated carbocycles. The van der Waals surface area contributed by atoms with Crippen molar-refractivity contribution in [3.8, 4) is 5.75 Å². The summed E-state index contributed by atoms with van der Waals surface area (Å²) in [7, 11) is -6.68. The smallest absolute Gasteiger partial charge is 0.257 e. The summed E-state index contributed by atoms with van der Waals surface area (Å²) in [5, 5.41) is 5.84. The first kappa shape index (κ1) is 26.1. The minimum Gasteiger partial charge on any atom is -0.496 e. The molecule has 8 nitrogen and oxygen atoms in total. The third-order valence-electron chi connectivity index (χ3n) is 7.24. The number of sulfone groups is 1. The van der Waals surface area contributed by atoms with E-state index in [0.29, 0.717) is 37.2 Å². The predicted molar refractivity (Wildman–Crippen MR) is 137 cm³/mol. The number of methoxy groups -OCH3 is 1. The van der Waals surface area contributed by atoms with E-state index in [0.717, 1.165) is 0 Å². The molecular weight excluding hydrogens is 500 g/mol. The zero-order chi connectivity index (χ0) is 26.1. The number of benzene rings is 2. The van der Waals surface area contributed by atoms with Gasteiger partial charge in [-0.05, 0) is 61.1 Å². The van der Waals surface area contributed by atoms with Gasteiger partial charge in [0.05, 0.1) is 22.5 Å². The van der Waals surface area contributed by atoms with Crippen LogP contribution < -0.4 is 9.88 Å². The van der Waals surface area contributed by atoms with Crippen LogP contribution in [-0.4, -0.2) is 52.6 Å². The summed E-state index contributed by atoms with van der Waals surface area (Å²) >= 11 is 0. The molecule has 1 heterocycles. The van der Waals surface area contributed by atoms with E-state index in [1.54, 1.807) is 60.4 Å². The number of ether oxygens (including phenoxy) is 1. The number of nitrogens with two attached hydrogens (primary N) is 1. The fraction of sp³-hybridized carbons (Fsp3) is 0.346. The number of hydrogen-bond donors (Lipinski definition) is 1. The predicted octanol–water partition coefficient (Wildman–Crippen LogP) is 3.14. The van der Waals surface area contributed by atoms with Crippen molar-refractivity contribution >= 4 is 25.8 Å². The molecule has 2 atom stereocenters. The van der Waals surface area contributed by atoms with Crippen LogP contribution >= 0.6 is 0 Å². The Morgan fingerprint density at radius 3 is 2.22 bits per heavy atom. The van der Waals surface area contributed by atoms with Gasteiger partial charge in [-0.25, -0.2) is 22.0 Å². The molecule has 36 heavy (non-hydrogen) atoms. The van der Waals surface area contributed by atoms with Gasteiger partial charge in [-0.15, -0.1) is 0 Å². The number of para-hydroxylation sites is 1. The number of sulfonamides is 1. The molecule has 2 aliphatic rings. The number of rotatable bonds is 6. The van der Waals surface area contributed by atoms with E-state index < -0.39 is 36.4 Å². The molecule has 10 heteroatoms. The van der Waals surface area contributed by atoms with Gasteiger partial charge < -0.3 is 9.64 Å². The summed E-state index contributed by atoms with van der Waals surface area (Å²) in [5.41, 5.74) is 0.435. The average molecular weight is 531 g/mol. The second-order valence-corrected chi connectivity index (χ2v) is 12.9. The second kappa shape index (κ2) is 9.84. The van der Waals surface area contributed by atoms with Crippen molar-refractivity contribution in [3.05, 3.63) is 83.3 Å². The van der Waals surface area contributed by atoms with E-state index in [2.05, 4.69) is 0 Å². The van der Waals surface area contributed by atoms with Crippen LogP contribution in [0.3, 0.4) is 0 Å². The Kier molecular flexibility index (Phi) is 7.14. The Bertz CT molecular complexity index is 1410. The molecule has 2 aromatic rings. The molecular formula is C26H30N2O6S2. The number of carbonyl (C=O) groups excluding carboxylic acids is 1. The zero-order valence-corrected chi connectivity index (χ0v) is 21.8. The number of nitrogens with zero attached hydrogens (tertiary/aromatic N) is 1. The lowest BCUT2D eigenvalue weighted by Gasteiger charge is -2.45. The van der Waals surface area contributed by atoms with Crippen molar-refractivity contribution in [1.29, 1.82) is 0 Å². The van der Waals surface area contributed by atoms with Crippen molar-refractivity contribution in [1.82, 2.24) is 4.90 Å². The minimum absolute atomic E-state index is 0.0796. The number of piperidine rings is 1. The maximum atomic E-state index is 13.3. The lowest BCUT2D eigenvalue weighted by Crippen LogP contribution is -2.56. The number of amides is 1. The first-order chi connectivity index (χ1) is 17.0. The van der Waals surface area contributed by atoms with Crippen molar-refractivity contribution in [2.24, 2.45) is 17.0 Å². The maximum absolute atomic E-state index is 13.3. The lowest BCUT2D eigenvalue weighted by molar-refractivity contribution is 0.0666. The van der Waals surface area contributed by atoms with E-state index in [4.69, 9.17) is 9.88 Å². The van der Waals surface area contributed by atoms with Crippen LogP contribution in [0.15, 0.2) is 82.6 Å². The lowest BCUT2D eigenvalue weighted by atomic mass is 9.74. The Labute approximate surface area is 212 Å². The molecule has 192 valence electrons. The molecule has 1 fully saturated rings. The van der Waals surface area contributed by atoms with Gasteiger partial charge in [0, 0.05) is 13.1 Å². The van der Waals surface area contributed by atoms with Crippen LogP contribution in [0, 0.1) is 11.8 Å². The fourth-order valence-electron chi connectivity index (χ4n) is 5.28. The summed E-state index contributed by atoms with van der Waals surface area (Å²) in [6.45, 7) is 2.35. The van der Waals surface area contributed by atoms with Gasteiger partial charge in [-0.2, -0.15) is 0 Å². The summed E-state index contributed by atoms with van der Waals surface area (Å²) < 4.78 is 56.7. The molecule has 2 aromatic carbocycles. The summed E-state index contributed by atoms with van der Waals surface area (Å²) in [4.78, 5) is 14.8. The molecule has 1 amide bonds. The van der Waals surface area contributed by atoms with Crippen molar-refractivity contribution in [2.45, 2.75) is 29.4 Å². The van der Waals surface area contributed by atoms with E-state index >= 15 is 0 Å². The topological polar surface area (TPSA) is 124 Å². The van der Waals surface area contributed by atoms with E-state index in [1.807, 2.05) is 0 Å². The number of hydrogen-bond acceptors (Lipinski definition) is 6. The van der Waals surface area contributed by atoms with Gasteiger partial charge in [-0.3, -0.25) is 4.79 Å². The Morgan fingerprint density at radius 1 is 1.00 bits per heavy atom. The van der Waals surface area contributed by atoms with Crippen molar-refractivity contribution in [2.75, 3.05) is 20.2 Å². The molecule has 2 N–H and O–H groups in total. The van der Waals surface area contributed by atoms with Gasteiger partial charge in [0.25, 0.3) is 5.91 Å². The minimum atomic E-state index is -4.23. The van der Waals surface area contributed by atoms with Gasteiger partial charge in [0.15, 0.2) is 0 Å². The van der Waals surface area contributed by atoms with Gasteiger partial charge >= 0.3 is 0 Å². The summed E-state index contributed by atoms with van der Waals surface area (Å²) in [6.07, 6.45) is 5.09. The van der Waals surface area contributed by atoms with Crippen LogP contribution in [-0.2, 0) is 19.9 Å². The highest BCUT2D eigenvalue weighted by atomic mass is 32.2. The Hall–Kier alpha value is -2.95. The Balaban J connectivity index is 1.66. The summed E-state index contributed by atoms with van der Waals surface area (Å²) in [5.74, 6) is -0.760. The van der Waals surface area contributed by atoms with E-state index in [1.165, 1.54) is 31.4 Å². The Morgan fingerprint density at radius 2 is 1.61 bits per heavy atom. The standard InChI is InChI=1S/C26H30N2O6S2/c1-19-12-13-22(35(30,31)21-8-4-3-5-9-21)18-26(19,36(27,32)33)20-14-16-28(17-15-20)25(29)23-10-6-7-11-24(23)34-2/h3-13,18-20H,14-17H2,1-2H3,(H2,27,32,33). The van der Waals surface area contributed by atoms with Crippen molar-refractivity contribution in [3.63, 3.8) is 0 Å². The first-order valence-electron chi connectivity index (χ1n) is 11.7. The average Bonchev–Trinajstić information content (AvgIpc) is 2.88. The summed E-state index contributed by atoms with van der Waals surface area (Å²) in [6, 6.07) is 14.8. The molecule has 1 aliphatic carbocycles. The van der Waals surface area contributed by atoms with Crippen LogP contribution in [0.1, 0.15) is 30.1 Å². The highest BCUT2D eigenvalue weighted by Crippen LogP contribution is 2.45. The highest BCUT2D eigenvalue weighted by Gasteiger charge is 2.53. The SMILES string of the molecule is COc1ccccc1C(=O)N1CCC(C2(S(N)(=O)=O)C=C(S(=O)(=O)c3ccccc3)C=CC2C)CC1. The maximum Gasteiger partial charge on any atom is 0.257 e. The monoisotopic (exact) mass is 530 g/mol. The number of allylic oxidation sites excluding steroid dienone is 2. The molecule has 0 spiro atoms. The van der Waals surface area contributed by atoms with Crippen LogP contribution in [0.5, 0.6) is 5.75 Å². The van der Waals surface area contributed by atoms with Crippen LogP contribution in [0.25, 0.3) is 0 Å². The van der Waals surface area contributed by atoms with E-state index in [9.17, 15) is 21.6 Å². The van der Waals surface area contributed by atoms with E-state index in [-0.39, 0.29) is 15.7 Å². The highest BCUT2D eigenvalue weighted by molar-refractivity contribution is 7.95. The molecule has 4 rings (SSSR count). The molecule has 1 aliphatic heterocycles. The fourth-order valence-corrected chi connectivity index (χ4v) is 8.34. The molecule has 2 unspecified atom stereocenters. The largest absolute Gasteiger partial charge is 0.496 e. The second-order valence-electron chi connectivity index (χ2n) is 9.18. The van der Waals surface area contributed by atoms with Crippen molar-refractivity contribution < 1.29 is 26.4 Å². The number of likely N-dealkylation sites (tertiary alicyclic amines) is 1. The molecule has 0 bridgehead atoms. The molecule has 1 saturated heterocycles. The third kappa shape index (κ3) is 4.49.